The third-order valence-corrected chi connectivity index (χ3v) is 4.74. The van der Waals surface area contributed by atoms with Crippen LogP contribution in [0.25, 0.3) is 6.08 Å². The molecule has 1 saturated heterocycles. The fraction of sp³-hybridized carbons (Fsp3) is 0.273. The number of carbonyl (C=O) groups excluding carboxylic acids is 2. The lowest BCUT2D eigenvalue weighted by molar-refractivity contribution is -0.151. The van der Waals surface area contributed by atoms with Crippen LogP contribution in [-0.4, -0.2) is 37.5 Å². The smallest absolute Gasteiger partial charge is 0.318 e. The molecule has 2 atom stereocenters. The molecule has 1 aliphatic rings. The number of methoxy groups -OCH3 is 2. The van der Waals surface area contributed by atoms with Crippen LogP contribution in [0.15, 0.2) is 60.7 Å². The molecule has 0 radical (unpaired) electrons. The predicted molar refractivity (Wildman–Crippen MR) is 103 cm³/mol. The quantitative estimate of drug-likeness (QED) is 0.583. The number of rotatable bonds is 6. The second kappa shape index (κ2) is 8.54. The van der Waals surface area contributed by atoms with E-state index >= 15 is 0 Å². The van der Waals surface area contributed by atoms with Gasteiger partial charge in [0.15, 0.2) is 0 Å². The zero-order valence-electron chi connectivity index (χ0n) is 15.5. The number of ether oxygens (including phenoxy) is 2. The highest BCUT2D eigenvalue weighted by Gasteiger charge is 2.44. The first-order valence-electron chi connectivity index (χ1n) is 8.85. The minimum Gasteiger partial charge on any atom is -0.497 e. The number of hydrogen-bond acceptors (Lipinski definition) is 4. The van der Waals surface area contributed by atoms with E-state index in [9.17, 15) is 9.59 Å². The Kier molecular flexibility index (Phi) is 5.91. The second-order valence-corrected chi connectivity index (χ2v) is 6.50. The van der Waals surface area contributed by atoms with Crippen molar-refractivity contribution in [1.29, 1.82) is 0 Å². The molecular weight excluding hydrogens is 342 g/mol. The maximum absolute atomic E-state index is 12.8. The van der Waals surface area contributed by atoms with Gasteiger partial charge in [-0.05, 0) is 23.3 Å². The topological polar surface area (TPSA) is 55.8 Å². The number of nitrogens with zero attached hydrogens (tertiary/aromatic N) is 1. The van der Waals surface area contributed by atoms with Crippen molar-refractivity contribution in [3.63, 3.8) is 0 Å². The van der Waals surface area contributed by atoms with Gasteiger partial charge in [0.05, 0.1) is 14.2 Å². The summed E-state index contributed by atoms with van der Waals surface area (Å²) in [7, 11) is 2.94. The van der Waals surface area contributed by atoms with Crippen molar-refractivity contribution in [2.45, 2.75) is 6.54 Å². The Balaban J connectivity index is 1.80. The van der Waals surface area contributed by atoms with Crippen molar-refractivity contribution >= 4 is 18.0 Å². The Morgan fingerprint density at radius 1 is 1.15 bits per heavy atom. The first-order chi connectivity index (χ1) is 13.1. The maximum Gasteiger partial charge on any atom is 0.318 e. The fourth-order valence-electron chi connectivity index (χ4n) is 3.33. The minimum atomic E-state index is -0.805. The van der Waals surface area contributed by atoms with Crippen LogP contribution in [0.1, 0.15) is 11.1 Å². The fourth-order valence-corrected chi connectivity index (χ4v) is 3.33. The zero-order chi connectivity index (χ0) is 19.2. The lowest BCUT2D eigenvalue weighted by Gasteiger charge is -2.16. The molecule has 27 heavy (non-hydrogen) atoms. The van der Waals surface area contributed by atoms with Gasteiger partial charge in [0.25, 0.3) is 0 Å². The van der Waals surface area contributed by atoms with Crippen LogP contribution in [-0.2, 0) is 20.9 Å². The molecule has 0 saturated carbocycles. The first-order valence-corrected chi connectivity index (χ1v) is 8.85. The van der Waals surface area contributed by atoms with Gasteiger partial charge in [0.2, 0.25) is 5.91 Å². The molecule has 140 valence electrons. The van der Waals surface area contributed by atoms with Crippen LogP contribution in [0, 0.1) is 11.8 Å². The molecule has 1 heterocycles. The summed E-state index contributed by atoms with van der Waals surface area (Å²) in [4.78, 5) is 26.7. The molecule has 5 heteroatoms. The van der Waals surface area contributed by atoms with Crippen molar-refractivity contribution in [3.05, 3.63) is 71.8 Å². The highest BCUT2D eigenvalue weighted by Crippen LogP contribution is 2.29. The molecular formula is C22H23NO4. The average Bonchev–Trinajstić information content (AvgIpc) is 3.02. The summed E-state index contributed by atoms with van der Waals surface area (Å²) in [6.45, 7) is 0.963. The highest BCUT2D eigenvalue weighted by molar-refractivity contribution is 6.00. The van der Waals surface area contributed by atoms with E-state index in [1.165, 1.54) is 7.11 Å². The van der Waals surface area contributed by atoms with E-state index in [-0.39, 0.29) is 11.8 Å². The summed E-state index contributed by atoms with van der Waals surface area (Å²) in [6, 6.07) is 17.4. The monoisotopic (exact) mass is 365 g/mol. The lowest BCUT2D eigenvalue weighted by atomic mass is 9.94. The molecule has 3 rings (SSSR count). The molecule has 0 aromatic heterocycles. The van der Waals surface area contributed by atoms with Gasteiger partial charge in [0.1, 0.15) is 11.7 Å². The summed E-state index contributed by atoms with van der Waals surface area (Å²) in [5.74, 6) is -0.961. The largest absolute Gasteiger partial charge is 0.497 e. The lowest BCUT2D eigenvalue weighted by Crippen LogP contribution is -2.31. The van der Waals surface area contributed by atoms with Crippen LogP contribution < -0.4 is 4.74 Å². The molecule has 0 spiro atoms. The van der Waals surface area contributed by atoms with Crippen molar-refractivity contribution in [2.75, 3.05) is 20.8 Å². The molecule has 0 aliphatic carbocycles. The number of carbonyl (C=O) groups is 2. The van der Waals surface area contributed by atoms with Crippen molar-refractivity contribution in [2.24, 2.45) is 11.8 Å². The van der Waals surface area contributed by atoms with Gasteiger partial charge in [-0.1, -0.05) is 54.6 Å². The number of esters is 1. The SMILES string of the molecule is COC(=O)[C@@H]1C(=O)N(Cc2ccccc2)C[C@H]1/C=C/c1cccc(OC)c1. The summed E-state index contributed by atoms with van der Waals surface area (Å²) in [6.07, 6.45) is 3.83. The molecule has 1 aliphatic heterocycles. The summed E-state index contributed by atoms with van der Waals surface area (Å²) < 4.78 is 10.1. The number of amides is 1. The predicted octanol–water partition coefficient (Wildman–Crippen LogP) is 3.16. The van der Waals surface area contributed by atoms with Gasteiger partial charge >= 0.3 is 5.97 Å². The highest BCUT2D eigenvalue weighted by atomic mass is 16.5. The van der Waals surface area contributed by atoms with E-state index in [1.807, 2.05) is 66.7 Å². The standard InChI is InChI=1S/C22H23NO4/c1-26-19-10-6-9-16(13-19)11-12-18-15-23(14-17-7-4-3-5-8-17)21(24)20(18)22(25)27-2/h3-13,18,20H,14-15H2,1-2H3/b12-11+/t18-,20+/m1/s1. The molecule has 5 nitrogen and oxygen atoms in total. The molecule has 0 N–H and O–H groups in total. The van der Waals surface area contributed by atoms with Crippen molar-refractivity contribution in [1.82, 2.24) is 4.90 Å². The Hall–Kier alpha value is -3.08. The normalized spacial score (nSPS) is 19.5. The van der Waals surface area contributed by atoms with E-state index < -0.39 is 11.9 Å². The van der Waals surface area contributed by atoms with E-state index in [0.717, 1.165) is 16.9 Å². The van der Waals surface area contributed by atoms with E-state index in [0.29, 0.717) is 13.1 Å². The summed E-state index contributed by atoms with van der Waals surface area (Å²) in [5, 5.41) is 0. The van der Waals surface area contributed by atoms with Crippen LogP contribution >= 0.6 is 0 Å². The third kappa shape index (κ3) is 4.37. The van der Waals surface area contributed by atoms with E-state index in [1.54, 1.807) is 12.0 Å². The Labute approximate surface area is 159 Å². The Morgan fingerprint density at radius 3 is 2.63 bits per heavy atom. The van der Waals surface area contributed by atoms with Gasteiger partial charge in [-0.2, -0.15) is 0 Å². The number of hydrogen-bond donors (Lipinski definition) is 0. The van der Waals surface area contributed by atoms with Crippen molar-refractivity contribution < 1.29 is 19.1 Å². The van der Waals surface area contributed by atoms with E-state index in [4.69, 9.17) is 9.47 Å². The van der Waals surface area contributed by atoms with Gasteiger partial charge in [-0.15, -0.1) is 0 Å². The minimum absolute atomic E-state index is 0.189. The van der Waals surface area contributed by atoms with Crippen LogP contribution in [0.4, 0.5) is 0 Å². The zero-order valence-corrected chi connectivity index (χ0v) is 15.5. The van der Waals surface area contributed by atoms with Crippen LogP contribution in [0.5, 0.6) is 5.75 Å². The van der Waals surface area contributed by atoms with Crippen LogP contribution in [0.2, 0.25) is 0 Å². The average molecular weight is 365 g/mol. The summed E-state index contributed by atoms with van der Waals surface area (Å²) >= 11 is 0. The van der Waals surface area contributed by atoms with Crippen molar-refractivity contribution in [3.8, 4) is 5.75 Å². The third-order valence-electron chi connectivity index (χ3n) is 4.74. The molecule has 0 bridgehead atoms. The number of likely N-dealkylation sites (tertiary alicyclic amines) is 1. The Bertz CT molecular complexity index is 831. The molecule has 2 aromatic carbocycles. The van der Waals surface area contributed by atoms with Crippen LogP contribution in [0.3, 0.4) is 0 Å². The van der Waals surface area contributed by atoms with Gasteiger partial charge < -0.3 is 14.4 Å². The second-order valence-electron chi connectivity index (χ2n) is 6.50. The number of benzene rings is 2. The Morgan fingerprint density at radius 2 is 1.93 bits per heavy atom. The van der Waals surface area contributed by atoms with Gasteiger partial charge in [0, 0.05) is 19.0 Å². The van der Waals surface area contributed by atoms with Gasteiger partial charge in [-0.25, -0.2) is 0 Å². The molecule has 1 amide bonds. The molecule has 0 unspecified atom stereocenters. The van der Waals surface area contributed by atoms with E-state index in [2.05, 4.69) is 0 Å². The molecule has 2 aromatic rings. The summed E-state index contributed by atoms with van der Waals surface area (Å²) in [5.41, 5.74) is 1.99. The first kappa shape index (κ1) is 18.7. The van der Waals surface area contributed by atoms with Gasteiger partial charge in [-0.3, -0.25) is 9.59 Å². The maximum atomic E-state index is 12.8. The molecule has 1 fully saturated rings.